The maximum absolute atomic E-state index is 9.94. The summed E-state index contributed by atoms with van der Waals surface area (Å²) in [7, 11) is 0. The second kappa shape index (κ2) is 13.6. The van der Waals surface area contributed by atoms with E-state index in [0.717, 1.165) is 68.8 Å². The van der Waals surface area contributed by atoms with E-state index in [1.807, 2.05) is 38.1 Å². The van der Waals surface area contributed by atoms with Gasteiger partial charge in [0.15, 0.2) is 0 Å². The van der Waals surface area contributed by atoms with E-state index < -0.39 is 0 Å². The first kappa shape index (κ1) is 31.5. The summed E-state index contributed by atoms with van der Waals surface area (Å²) in [6.07, 6.45) is 18.9. The van der Waals surface area contributed by atoms with Gasteiger partial charge in [-0.3, -0.25) is 0 Å². The minimum absolute atomic E-state index is 0.645. The molecule has 2 heterocycles. The van der Waals surface area contributed by atoms with Crippen LogP contribution in [0.2, 0.25) is 0 Å². The van der Waals surface area contributed by atoms with Gasteiger partial charge in [-0.15, -0.1) is 0 Å². The first-order chi connectivity index (χ1) is 24.1. The summed E-state index contributed by atoms with van der Waals surface area (Å²) in [5.41, 5.74) is 15.5. The molecule has 1 aliphatic carbocycles. The Morgan fingerprint density at radius 3 is 2.18 bits per heavy atom. The molecule has 49 heavy (non-hydrogen) atoms. The topological polar surface area (TPSA) is 33.6 Å². The number of aromatic nitrogens is 2. The molecule has 0 unspecified atom stereocenters. The molecule has 3 heteroatoms. The zero-order valence-electron chi connectivity index (χ0n) is 28.2. The summed E-state index contributed by atoms with van der Waals surface area (Å²) >= 11 is 0. The molecule has 0 saturated heterocycles. The molecule has 3 nitrogen and oxygen atoms in total. The maximum atomic E-state index is 9.94. The first-order valence-corrected chi connectivity index (χ1v) is 16.9. The Bertz CT molecular complexity index is 2340. The van der Waals surface area contributed by atoms with Gasteiger partial charge in [-0.25, -0.2) is 0 Å². The van der Waals surface area contributed by atoms with Crippen LogP contribution in [0.3, 0.4) is 0 Å². The van der Waals surface area contributed by atoms with Crippen LogP contribution in [-0.2, 0) is 13.0 Å². The van der Waals surface area contributed by atoms with Gasteiger partial charge < -0.3 is 9.13 Å². The average molecular weight is 634 g/mol. The summed E-state index contributed by atoms with van der Waals surface area (Å²) in [4.78, 5) is 0. The van der Waals surface area contributed by atoms with E-state index in [9.17, 15) is 5.26 Å². The Balaban J connectivity index is 1.32. The number of hydrogen-bond donors (Lipinski definition) is 0. The van der Waals surface area contributed by atoms with Crippen molar-refractivity contribution in [3.63, 3.8) is 0 Å². The second-order valence-electron chi connectivity index (χ2n) is 12.4. The fourth-order valence-electron chi connectivity index (χ4n) is 7.37. The maximum Gasteiger partial charge on any atom is 0.0992 e. The molecule has 0 amide bonds. The minimum atomic E-state index is 0.645. The Kier molecular flexibility index (Phi) is 8.71. The van der Waals surface area contributed by atoms with Crippen LogP contribution in [0.25, 0.3) is 69.2 Å². The smallest absolute Gasteiger partial charge is 0.0992 e. The van der Waals surface area contributed by atoms with Gasteiger partial charge in [-0.2, -0.15) is 5.26 Å². The standard InChI is InChI=1S/C46H39N3/c1-5-15-38-39(16-6-2)43(8-4)48(42(38)7-3)31-33-17-13-18-34(27-33)35-19-14-20-36(29-35)37-26-25-32(30-47)28-46(37)49-44-23-11-9-21-40(44)41-22-10-12-24-45(41)49/h5-9,11-21,23-29H,3-4,10,22,31H2,1-2H3/b15-5-,16-6-. The van der Waals surface area contributed by atoms with Crippen molar-refractivity contribution in [1.82, 2.24) is 9.13 Å². The van der Waals surface area contributed by atoms with Gasteiger partial charge in [0.05, 0.1) is 22.8 Å². The number of hydrogen-bond acceptors (Lipinski definition) is 1. The van der Waals surface area contributed by atoms with Gasteiger partial charge in [0.2, 0.25) is 0 Å². The van der Waals surface area contributed by atoms with E-state index in [1.54, 1.807) is 0 Å². The lowest BCUT2D eigenvalue weighted by Gasteiger charge is -2.17. The molecular weight excluding hydrogens is 595 g/mol. The second-order valence-corrected chi connectivity index (χ2v) is 12.4. The van der Waals surface area contributed by atoms with Gasteiger partial charge in [-0.05, 0) is 103 Å². The van der Waals surface area contributed by atoms with Gasteiger partial charge in [0.25, 0.3) is 0 Å². The largest absolute Gasteiger partial charge is 0.336 e. The van der Waals surface area contributed by atoms with Crippen molar-refractivity contribution < 1.29 is 0 Å². The third kappa shape index (κ3) is 5.62. The summed E-state index contributed by atoms with van der Waals surface area (Å²) in [5, 5.41) is 11.2. The fraction of sp³-hybridized carbons (Fsp3) is 0.109. The zero-order chi connectivity index (χ0) is 33.9. The van der Waals surface area contributed by atoms with Crippen LogP contribution in [-0.4, -0.2) is 9.13 Å². The molecule has 238 valence electrons. The molecule has 4 aromatic carbocycles. The highest BCUT2D eigenvalue weighted by molar-refractivity contribution is 5.93. The minimum Gasteiger partial charge on any atom is -0.336 e. The fourth-order valence-corrected chi connectivity index (χ4v) is 7.37. The lowest BCUT2D eigenvalue weighted by molar-refractivity contribution is 0.789. The lowest BCUT2D eigenvalue weighted by Crippen LogP contribution is -2.04. The quantitative estimate of drug-likeness (QED) is 0.156. The van der Waals surface area contributed by atoms with E-state index >= 15 is 0 Å². The van der Waals surface area contributed by atoms with Gasteiger partial charge >= 0.3 is 0 Å². The zero-order valence-corrected chi connectivity index (χ0v) is 28.2. The van der Waals surface area contributed by atoms with E-state index in [2.05, 4.69) is 144 Å². The van der Waals surface area contributed by atoms with Crippen molar-refractivity contribution in [2.75, 3.05) is 0 Å². The molecule has 0 spiro atoms. The molecule has 1 aliphatic rings. The number of allylic oxidation sites excluding steroid dienone is 3. The molecule has 6 aromatic rings. The highest BCUT2D eigenvalue weighted by Gasteiger charge is 2.21. The van der Waals surface area contributed by atoms with Crippen LogP contribution in [0.4, 0.5) is 0 Å². The summed E-state index contributed by atoms with van der Waals surface area (Å²) in [6, 6.07) is 34.6. The van der Waals surface area contributed by atoms with Crippen molar-refractivity contribution in [2.24, 2.45) is 0 Å². The van der Waals surface area contributed by atoms with Crippen LogP contribution in [0.1, 0.15) is 65.2 Å². The van der Waals surface area contributed by atoms with Crippen LogP contribution in [0.5, 0.6) is 0 Å². The normalized spacial score (nSPS) is 12.5. The Morgan fingerprint density at radius 1 is 0.776 bits per heavy atom. The number of aryl methyl sites for hydroxylation is 1. The van der Waals surface area contributed by atoms with Crippen LogP contribution < -0.4 is 0 Å². The Hall–Kier alpha value is -6.11. The Morgan fingerprint density at radius 2 is 1.47 bits per heavy atom. The van der Waals surface area contributed by atoms with E-state index in [4.69, 9.17) is 0 Å². The summed E-state index contributed by atoms with van der Waals surface area (Å²) in [5.74, 6) is 0. The lowest BCUT2D eigenvalue weighted by atomic mass is 9.96. The molecule has 0 atom stereocenters. The molecule has 2 aromatic heterocycles. The van der Waals surface area contributed by atoms with Gasteiger partial charge in [-0.1, -0.05) is 104 Å². The number of fused-ring (bicyclic) bond motifs is 3. The van der Waals surface area contributed by atoms with Crippen LogP contribution >= 0.6 is 0 Å². The molecule has 7 rings (SSSR count). The van der Waals surface area contributed by atoms with Crippen molar-refractivity contribution in [3.8, 4) is 34.0 Å². The van der Waals surface area contributed by atoms with Crippen molar-refractivity contribution in [1.29, 1.82) is 5.26 Å². The number of rotatable bonds is 9. The number of nitrogens with zero attached hydrogens (tertiary/aromatic N) is 3. The van der Waals surface area contributed by atoms with Crippen LogP contribution in [0, 0.1) is 11.3 Å². The number of para-hydroxylation sites is 1. The van der Waals surface area contributed by atoms with E-state index in [1.165, 1.54) is 22.2 Å². The van der Waals surface area contributed by atoms with E-state index in [-0.39, 0.29) is 0 Å². The highest BCUT2D eigenvalue weighted by atomic mass is 15.0. The molecule has 0 saturated carbocycles. The number of nitriles is 1. The number of benzene rings is 4. The van der Waals surface area contributed by atoms with Crippen molar-refractivity contribution in [3.05, 3.63) is 167 Å². The SMILES string of the molecule is C=Cc1c(/C=C\C)c(/C=C\C)c(C=C)n1Cc1cccc(-c2cccc(-c3ccc(C#N)cc3-n3c4c(c5ccccc53)CCC=C4)c2)c1. The molecule has 0 aliphatic heterocycles. The molecule has 0 radical (unpaired) electrons. The molecule has 0 N–H and O–H groups in total. The van der Waals surface area contributed by atoms with Crippen molar-refractivity contribution >= 4 is 41.3 Å². The van der Waals surface area contributed by atoms with E-state index in [0.29, 0.717) is 12.1 Å². The third-order valence-electron chi connectivity index (χ3n) is 9.48. The highest BCUT2D eigenvalue weighted by Crippen LogP contribution is 2.39. The first-order valence-electron chi connectivity index (χ1n) is 16.9. The van der Waals surface area contributed by atoms with Gasteiger partial charge in [0, 0.05) is 45.7 Å². The third-order valence-corrected chi connectivity index (χ3v) is 9.48. The van der Waals surface area contributed by atoms with Crippen LogP contribution in [0.15, 0.2) is 122 Å². The Labute approximate surface area is 289 Å². The summed E-state index contributed by atoms with van der Waals surface area (Å²) in [6.45, 7) is 13.1. The van der Waals surface area contributed by atoms with Crippen molar-refractivity contribution in [2.45, 2.75) is 33.2 Å². The molecule has 0 bridgehead atoms. The van der Waals surface area contributed by atoms with Gasteiger partial charge in [0.1, 0.15) is 0 Å². The monoisotopic (exact) mass is 633 g/mol. The predicted molar refractivity (Wildman–Crippen MR) is 209 cm³/mol. The predicted octanol–water partition coefficient (Wildman–Crippen LogP) is 12.0. The summed E-state index contributed by atoms with van der Waals surface area (Å²) < 4.78 is 4.65. The molecular formula is C46H39N3. The molecule has 0 fully saturated rings. The average Bonchev–Trinajstić information content (AvgIpc) is 3.63.